The summed E-state index contributed by atoms with van der Waals surface area (Å²) in [5, 5.41) is 8.90. The summed E-state index contributed by atoms with van der Waals surface area (Å²) in [5.41, 5.74) is 4.86. The van der Waals surface area contributed by atoms with E-state index in [2.05, 4.69) is 0 Å². The first-order chi connectivity index (χ1) is 8.52. The van der Waals surface area contributed by atoms with Gasteiger partial charge in [-0.25, -0.2) is 0 Å². The molecule has 0 spiro atoms. The lowest BCUT2D eigenvalue weighted by Gasteiger charge is -2.41. The smallest absolute Gasteiger partial charge is 0.307 e. The molecule has 1 aromatic rings. The van der Waals surface area contributed by atoms with Gasteiger partial charge in [-0.05, 0) is 31.4 Å². The molecule has 0 bridgehead atoms. The summed E-state index contributed by atoms with van der Waals surface area (Å²) in [6.45, 7) is 0. The lowest BCUT2D eigenvalue weighted by molar-refractivity contribution is -0.144. The zero-order valence-corrected chi connectivity index (χ0v) is 9.89. The Hall–Kier alpha value is -2.04. The number of hydrogen-bond acceptors (Lipinski definition) is 3. The minimum Gasteiger partial charge on any atom is -0.486 e. The van der Waals surface area contributed by atoms with Crippen molar-refractivity contribution in [3.63, 3.8) is 0 Å². The maximum Gasteiger partial charge on any atom is 0.307 e. The second-order valence-electron chi connectivity index (χ2n) is 4.57. The fourth-order valence-electron chi connectivity index (χ4n) is 2.15. The molecule has 1 aliphatic carbocycles. The Morgan fingerprint density at radius 2 is 2.00 bits per heavy atom. The van der Waals surface area contributed by atoms with E-state index in [-0.39, 0.29) is 12.0 Å². The molecule has 1 aliphatic rings. The fourth-order valence-corrected chi connectivity index (χ4v) is 2.15. The summed E-state index contributed by atoms with van der Waals surface area (Å²) < 4.78 is 5.76. The molecule has 0 heterocycles. The highest BCUT2D eigenvalue weighted by atomic mass is 16.5. The van der Waals surface area contributed by atoms with Gasteiger partial charge in [0.15, 0.2) is 0 Å². The van der Waals surface area contributed by atoms with Crippen molar-refractivity contribution in [2.75, 3.05) is 0 Å². The number of para-hydroxylation sites is 1. The maximum absolute atomic E-state index is 11.3. The molecular formula is C13H15NO4. The van der Waals surface area contributed by atoms with Gasteiger partial charge in [-0.2, -0.15) is 0 Å². The number of primary amides is 1. The quantitative estimate of drug-likeness (QED) is 0.828. The number of ether oxygens (including phenoxy) is 1. The van der Waals surface area contributed by atoms with Crippen molar-refractivity contribution in [1.82, 2.24) is 0 Å². The Morgan fingerprint density at radius 1 is 1.33 bits per heavy atom. The van der Waals surface area contributed by atoms with Gasteiger partial charge >= 0.3 is 5.97 Å². The van der Waals surface area contributed by atoms with E-state index in [4.69, 9.17) is 15.6 Å². The minimum atomic E-state index is -0.897. The van der Waals surface area contributed by atoms with Gasteiger partial charge in [0.05, 0.1) is 12.0 Å². The van der Waals surface area contributed by atoms with Gasteiger partial charge in [0, 0.05) is 0 Å². The topological polar surface area (TPSA) is 89.6 Å². The third-order valence-electron chi connectivity index (χ3n) is 3.22. The standard InChI is InChI=1S/C13H15NO4/c14-12(17)9-4-1-2-5-10(9)18-13(6-3-7-13)8-11(15)16/h1-2,4-5H,3,6-8H2,(H2,14,17)(H,15,16). The van der Waals surface area contributed by atoms with Gasteiger partial charge in [0.2, 0.25) is 0 Å². The number of carboxylic acids is 1. The van der Waals surface area contributed by atoms with Crippen LogP contribution in [-0.4, -0.2) is 22.6 Å². The van der Waals surface area contributed by atoms with Gasteiger partial charge in [0.1, 0.15) is 11.4 Å². The van der Waals surface area contributed by atoms with Crippen molar-refractivity contribution in [2.24, 2.45) is 5.73 Å². The van der Waals surface area contributed by atoms with Crippen molar-refractivity contribution < 1.29 is 19.4 Å². The average Bonchev–Trinajstić information content (AvgIpc) is 2.26. The molecule has 18 heavy (non-hydrogen) atoms. The molecule has 0 aliphatic heterocycles. The summed E-state index contributed by atoms with van der Waals surface area (Å²) in [6.07, 6.45) is 2.25. The second kappa shape index (κ2) is 4.68. The number of nitrogens with two attached hydrogens (primary N) is 1. The van der Waals surface area contributed by atoms with Crippen molar-refractivity contribution in [3.05, 3.63) is 29.8 Å². The monoisotopic (exact) mass is 249 g/mol. The number of carbonyl (C=O) groups is 2. The summed E-state index contributed by atoms with van der Waals surface area (Å²) in [4.78, 5) is 22.1. The van der Waals surface area contributed by atoms with Crippen molar-refractivity contribution in [2.45, 2.75) is 31.3 Å². The minimum absolute atomic E-state index is 0.0555. The van der Waals surface area contributed by atoms with Crippen LogP contribution in [0.4, 0.5) is 0 Å². The lowest BCUT2D eigenvalue weighted by Crippen LogP contribution is -2.45. The van der Waals surface area contributed by atoms with E-state index in [0.717, 1.165) is 6.42 Å². The fraction of sp³-hybridized carbons (Fsp3) is 0.385. The van der Waals surface area contributed by atoms with Crippen LogP contribution in [-0.2, 0) is 4.79 Å². The first kappa shape index (κ1) is 12.4. The molecule has 1 aromatic carbocycles. The molecule has 0 unspecified atom stereocenters. The molecule has 2 rings (SSSR count). The number of benzene rings is 1. The Morgan fingerprint density at radius 3 is 2.50 bits per heavy atom. The highest BCUT2D eigenvalue weighted by molar-refractivity contribution is 5.95. The zero-order chi connectivity index (χ0) is 13.2. The molecule has 5 nitrogen and oxygen atoms in total. The van der Waals surface area contributed by atoms with Crippen LogP contribution >= 0.6 is 0 Å². The lowest BCUT2D eigenvalue weighted by atomic mass is 9.77. The van der Waals surface area contributed by atoms with Crippen LogP contribution in [0, 0.1) is 0 Å². The van der Waals surface area contributed by atoms with Gasteiger partial charge in [0.25, 0.3) is 5.91 Å². The Bertz CT molecular complexity index is 480. The molecule has 0 radical (unpaired) electrons. The van der Waals surface area contributed by atoms with Crippen LogP contribution in [0.1, 0.15) is 36.0 Å². The number of amides is 1. The number of rotatable bonds is 5. The van der Waals surface area contributed by atoms with E-state index in [1.807, 2.05) is 0 Å². The van der Waals surface area contributed by atoms with E-state index < -0.39 is 17.5 Å². The number of hydrogen-bond donors (Lipinski definition) is 2. The van der Waals surface area contributed by atoms with Crippen molar-refractivity contribution in [3.8, 4) is 5.75 Å². The summed E-state index contributed by atoms with van der Waals surface area (Å²) in [6, 6.07) is 6.64. The van der Waals surface area contributed by atoms with E-state index in [1.165, 1.54) is 0 Å². The van der Waals surface area contributed by atoms with Crippen LogP contribution in [0.3, 0.4) is 0 Å². The third kappa shape index (κ3) is 2.45. The van der Waals surface area contributed by atoms with E-state index >= 15 is 0 Å². The van der Waals surface area contributed by atoms with Gasteiger partial charge in [-0.15, -0.1) is 0 Å². The predicted molar refractivity (Wildman–Crippen MR) is 64.4 cm³/mol. The molecule has 1 fully saturated rings. The number of aliphatic carboxylic acids is 1. The Balaban J connectivity index is 2.22. The molecule has 0 aromatic heterocycles. The molecule has 1 saturated carbocycles. The highest BCUT2D eigenvalue weighted by Gasteiger charge is 2.42. The van der Waals surface area contributed by atoms with Crippen LogP contribution in [0.15, 0.2) is 24.3 Å². The molecule has 1 amide bonds. The molecule has 0 saturated heterocycles. The average molecular weight is 249 g/mol. The van der Waals surface area contributed by atoms with E-state index in [0.29, 0.717) is 18.6 Å². The van der Waals surface area contributed by atoms with Crippen molar-refractivity contribution >= 4 is 11.9 Å². The normalized spacial score (nSPS) is 16.7. The van der Waals surface area contributed by atoms with Crippen LogP contribution in [0.5, 0.6) is 5.75 Å². The molecular weight excluding hydrogens is 234 g/mol. The molecule has 3 N–H and O–H groups in total. The van der Waals surface area contributed by atoms with Gasteiger partial charge in [-0.3, -0.25) is 9.59 Å². The number of carboxylic acid groups (broad SMARTS) is 1. The molecule has 96 valence electrons. The summed E-state index contributed by atoms with van der Waals surface area (Å²) in [7, 11) is 0. The number of carbonyl (C=O) groups excluding carboxylic acids is 1. The van der Waals surface area contributed by atoms with Gasteiger partial charge in [-0.1, -0.05) is 12.1 Å². The predicted octanol–water partition coefficient (Wildman–Crippen LogP) is 1.56. The van der Waals surface area contributed by atoms with Gasteiger partial charge < -0.3 is 15.6 Å². The van der Waals surface area contributed by atoms with Crippen LogP contribution in [0.2, 0.25) is 0 Å². The highest BCUT2D eigenvalue weighted by Crippen LogP contribution is 2.40. The van der Waals surface area contributed by atoms with Crippen LogP contribution < -0.4 is 10.5 Å². The maximum atomic E-state index is 11.3. The van der Waals surface area contributed by atoms with Crippen molar-refractivity contribution in [1.29, 1.82) is 0 Å². The molecule has 5 heteroatoms. The molecule has 0 atom stereocenters. The third-order valence-corrected chi connectivity index (χ3v) is 3.22. The van der Waals surface area contributed by atoms with Crippen LogP contribution in [0.25, 0.3) is 0 Å². The van der Waals surface area contributed by atoms with E-state index in [1.54, 1.807) is 24.3 Å². The first-order valence-corrected chi connectivity index (χ1v) is 5.82. The Labute approximate surface area is 105 Å². The first-order valence-electron chi connectivity index (χ1n) is 5.82. The summed E-state index contributed by atoms with van der Waals surface area (Å²) >= 11 is 0. The largest absolute Gasteiger partial charge is 0.486 e. The summed E-state index contributed by atoms with van der Waals surface area (Å²) in [5.74, 6) is -1.10. The zero-order valence-electron chi connectivity index (χ0n) is 9.89. The SMILES string of the molecule is NC(=O)c1ccccc1OC1(CC(=O)O)CCC1. The van der Waals surface area contributed by atoms with E-state index in [9.17, 15) is 9.59 Å². The Kier molecular flexibility index (Phi) is 3.23. The second-order valence-corrected chi connectivity index (χ2v) is 4.57.